The largest absolute Gasteiger partial charge is 0.396 e. The SMILES string of the molecule is NCc1cccc(CCO)c1Br. The zero-order chi connectivity index (χ0) is 8.97. The van der Waals surface area contributed by atoms with Crippen LogP contribution in [0.25, 0.3) is 0 Å². The summed E-state index contributed by atoms with van der Waals surface area (Å²) >= 11 is 3.45. The second-order valence-electron chi connectivity index (χ2n) is 2.57. The Morgan fingerprint density at radius 1 is 1.33 bits per heavy atom. The maximum absolute atomic E-state index is 8.76. The van der Waals surface area contributed by atoms with Gasteiger partial charge in [-0.15, -0.1) is 0 Å². The highest BCUT2D eigenvalue weighted by Crippen LogP contribution is 2.21. The maximum Gasteiger partial charge on any atom is 0.0471 e. The van der Waals surface area contributed by atoms with Crippen LogP contribution in [0.1, 0.15) is 11.1 Å². The van der Waals surface area contributed by atoms with Crippen LogP contribution in [0.5, 0.6) is 0 Å². The van der Waals surface area contributed by atoms with Crippen LogP contribution in [0.4, 0.5) is 0 Å². The number of aliphatic hydroxyl groups excluding tert-OH is 1. The third-order valence-electron chi connectivity index (χ3n) is 1.76. The van der Waals surface area contributed by atoms with E-state index in [2.05, 4.69) is 15.9 Å². The Hall–Kier alpha value is -0.380. The fourth-order valence-corrected chi connectivity index (χ4v) is 1.73. The van der Waals surface area contributed by atoms with Gasteiger partial charge in [0.25, 0.3) is 0 Å². The molecule has 0 heterocycles. The molecule has 0 atom stereocenters. The average Bonchev–Trinajstić information content (AvgIpc) is 2.09. The summed E-state index contributed by atoms with van der Waals surface area (Å²) in [5.41, 5.74) is 7.72. The van der Waals surface area contributed by atoms with E-state index in [0.717, 1.165) is 15.6 Å². The third-order valence-corrected chi connectivity index (χ3v) is 2.78. The fourth-order valence-electron chi connectivity index (χ4n) is 1.10. The quantitative estimate of drug-likeness (QED) is 0.825. The summed E-state index contributed by atoms with van der Waals surface area (Å²) in [5.74, 6) is 0. The molecule has 3 N–H and O–H groups in total. The summed E-state index contributed by atoms with van der Waals surface area (Å²) in [4.78, 5) is 0. The summed E-state index contributed by atoms with van der Waals surface area (Å²) in [7, 11) is 0. The van der Waals surface area contributed by atoms with Gasteiger partial charge >= 0.3 is 0 Å². The highest BCUT2D eigenvalue weighted by molar-refractivity contribution is 9.10. The lowest BCUT2D eigenvalue weighted by atomic mass is 10.1. The van der Waals surface area contributed by atoms with E-state index in [-0.39, 0.29) is 6.61 Å². The summed E-state index contributed by atoms with van der Waals surface area (Å²) in [6.07, 6.45) is 0.675. The molecule has 0 aromatic heterocycles. The molecule has 66 valence electrons. The standard InChI is InChI=1S/C9H12BrNO/c10-9-7(4-5-12)2-1-3-8(9)6-11/h1-3,12H,4-6,11H2. The van der Waals surface area contributed by atoms with Gasteiger partial charge in [0.15, 0.2) is 0 Å². The van der Waals surface area contributed by atoms with Crippen molar-refractivity contribution in [1.29, 1.82) is 0 Å². The van der Waals surface area contributed by atoms with Crippen molar-refractivity contribution >= 4 is 15.9 Å². The number of hydrogen-bond donors (Lipinski definition) is 2. The molecular formula is C9H12BrNO. The van der Waals surface area contributed by atoms with Gasteiger partial charge in [-0.3, -0.25) is 0 Å². The van der Waals surface area contributed by atoms with Crippen molar-refractivity contribution in [2.75, 3.05) is 6.61 Å². The molecule has 1 aromatic rings. The van der Waals surface area contributed by atoms with Crippen molar-refractivity contribution in [1.82, 2.24) is 0 Å². The first-order valence-corrected chi connectivity index (χ1v) is 4.66. The highest BCUT2D eigenvalue weighted by Gasteiger charge is 2.02. The van der Waals surface area contributed by atoms with Crippen LogP contribution in [0.3, 0.4) is 0 Å². The highest BCUT2D eigenvalue weighted by atomic mass is 79.9. The summed E-state index contributed by atoms with van der Waals surface area (Å²) in [6.45, 7) is 0.701. The Bertz CT molecular complexity index is 263. The number of benzene rings is 1. The molecule has 0 saturated carbocycles. The molecule has 1 rings (SSSR count). The average molecular weight is 230 g/mol. The number of nitrogens with two attached hydrogens (primary N) is 1. The molecule has 0 fully saturated rings. The van der Waals surface area contributed by atoms with Gasteiger partial charge in [0.1, 0.15) is 0 Å². The van der Waals surface area contributed by atoms with Crippen LogP contribution in [0, 0.1) is 0 Å². The Morgan fingerprint density at radius 2 is 2.00 bits per heavy atom. The molecule has 0 spiro atoms. The molecule has 0 amide bonds. The number of aliphatic hydroxyl groups is 1. The van der Waals surface area contributed by atoms with Gasteiger partial charge in [-0.25, -0.2) is 0 Å². The van der Waals surface area contributed by atoms with E-state index in [0.29, 0.717) is 13.0 Å². The Balaban J connectivity index is 2.97. The normalized spacial score (nSPS) is 10.2. The molecule has 0 unspecified atom stereocenters. The molecule has 3 heteroatoms. The topological polar surface area (TPSA) is 46.2 Å². The van der Waals surface area contributed by atoms with Gasteiger partial charge in [0.2, 0.25) is 0 Å². The van der Waals surface area contributed by atoms with Gasteiger partial charge in [-0.2, -0.15) is 0 Å². The monoisotopic (exact) mass is 229 g/mol. The molecule has 0 aliphatic rings. The number of rotatable bonds is 3. The summed E-state index contributed by atoms with van der Waals surface area (Å²) in [5, 5.41) is 8.76. The zero-order valence-electron chi connectivity index (χ0n) is 6.76. The van der Waals surface area contributed by atoms with Gasteiger partial charge in [0.05, 0.1) is 0 Å². The molecular weight excluding hydrogens is 218 g/mol. The Kier molecular flexibility index (Phi) is 3.72. The van der Waals surface area contributed by atoms with Crippen molar-refractivity contribution < 1.29 is 5.11 Å². The van der Waals surface area contributed by atoms with E-state index in [1.807, 2.05) is 18.2 Å². The second kappa shape index (κ2) is 4.60. The molecule has 0 saturated heterocycles. The van der Waals surface area contributed by atoms with Gasteiger partial charge in [-0.1, -0.05) is 34.1 Å². The van der Waals surface area contributed by atoms with Crippen molar-refractivity contribution in [3.63, 3.8) is 0 Å². The second-order valence-corrected chi connectivity index (χ2v) is 3.36. The van der Waals surface area contributed by atoms with Crippen LogP contribution in [-0.2, 0) is 13.0 Å². The molecule has 0 radical (unpaired) electrons. The van der Waals surface area contributed by atoms with E-state index < -0.39 is 0 Å². The molecule has 0 aliphatic carbocycles. The van der Waals surface area contributed by atoms with E-state index in [1.54, 1.807) is 0 Å². The van der Waals surface area contributed by atoms with Gasteiger partial charge < -0.3 is 10.8 Å². The lowest BCUT2D eigenvalue weighted by Crippen LogP contribution is -2.00. The molecule has 2 nitrogen and oxygen atoms in total. The van der Waals surface area contributed by atoms with Gasteiger partial charge in [-0.05, 0) is 17.5 Å². The molecule has 0 aliphatic heterocycles. The van der Waals surface area contributed by atoms with Crippen LogP contribution in [0.2, 0.25) is 0 Å². The first kappa shape index (κ1) is 9.71. The smallest absolute Gasteiger partial charge is 0.0471 e. The minimum absolute atomic E-state index is 0.173. The van der Waals surface area contributed by atoms with Crippen LogP contribution < -0.4 is 5.73 Å². The van der Waals surface area contributed by atoms with Crippen molar-refractivity contribution in [3.8, 4) is 0 Å². The van der Waals surface area contributed by atoms with Crippen LogP contribution >= 0.6 is 15.9 Å². The Morgan fingerprint density at radius 3 is 2.58 bits per heavy atom. The summed E-state index contributed by atoms with van der Waals surface area (Å²) in [6, 6.07) is 5.92. The zero-order valence-corrected chi connectivity index (χ0v) is 8.34. The van der Waals surface area contributed by atoms with Crippen LogP contribution in [-0.4, -0.2) is 11.7 Å². The summed E-state index contributed by atoms with van der Waals surface area (Å²) < 4.78 is 1.03. The first-order chi connectivity index (χ1) is 5.79. The van der Waals surface area contributed by atoms with E-state index in [4.69, 9.17) is 10.8 Å². The van der Waals surface area contributed by atoms with E-state index in [9.17, 15) is 0 Å². The minimum Gasteiger partial charge on any atom is -0.396 e. The lowest BCUT2D eigenvalue weighted by molar-refractivity contribution is 0.299. The molecule has 1 aromatic carbocycles. The predicted molar refractivity (Wildman–Crippen MR) is 52.8 cm³/mol. The van der Waals surface area contributed by atoms with E-state index in [1.165, 1.54) is 0 Å². The van der Waals surface area contributed by atoms with Crippen molar-refractivity contribution in [3.05, 3.63) is 33.8 Å². The lowest BCUT2D eigenvalue weighted by Gasteiger charge is -2.06. The number of halogens is 1. The van der Waals surface area contributed by atoms with E-state index >= 15 is 0 Å². The number of hydrogen-bond acceptors (Lipinski definition) is 2. The predicted octanol–water partition coefficient (Wildman–Crippen LogP) is 1.44. The minimum atomic E-state index is 0.173. The van der Waals surface area contributed by atoms with Crippen molar-refractivity contribution in [2.24, 2.45) is 5.73 Å². The Labute approximate surface area is 80.5 Å². The molecule has 0 bridgehead atoms. The van der Waals surface area contributed by atoms with Crippen molar-refractivity contribution in [2.45, 2.75) is 13.0 Å². The third kappa shape index (κ3) is 2.06. The molecule has 12 heavy (non-hydrogen) atoms. The first-order valence-electron chi connectivity index (χ1n) is 3.86. The maximum atomic E-state index is 8.76. The van der Waals surface area contributed by atoms with Crippen LogP contribution in [0.15, 0.2) is 22.7 Å². The van der Waals surface area contributed by atoms with Gasteiger partial charge in [0, 0.05) is 17.6 Å². The fraction of sp³-hybridized carbons (Fsp3) is 0.333.